The summed E-state index contributed by atoms with van der Waals surface area (Å²) in [6, 6.07) is -0.460. The van der Waals surface area contributed by atoms with Gasteiger partial charge in [0.25, 0.3) is 5.91 Å². The summed E-state index contributed by atoms with van der Waals surface area (Å²) < 4.78 is 37.6. The average molecular weight is 277 g/mol. The van der Waals surface area contributed by atoms with Gasteiger partial charge in [-0.15, -0.1) is 0 Å². The molecule has 0 saturated carbocycles. The van der Waals surface area contributed by atoms with Crippen LogP contribution in [0, 0.1) is 5.92 Å². The van der Waals surface area contributed by atoms with E-state index in [4.69, 9.17) is 5.21 Å². The van der Waals surface area contributed by atoms with Gasteiger partial charge in [0.15, 0.2) is 0 Å². The van der Waals surface area contributed by atoms with Crippen LogP contribution in [0.5, 0.6) is 0 Å². The van der Waals surface area contributed by atoms with Gasteiger partial charge >= 0.3 is 6.18 Å². The highest BCUT2D eigenvalue weighted by Gasteiger charge is 2.37. The zero-order valence-electron chi connectivity index (χ0n) is 10.0. The Morgan fingerprint density at radius 3 is 2.84 bits per heavy atom. The number of likely N-dealkylation sites (tertiary alicyclic amines) is 1. The highest BCUT2D eigenvalue weighted by Crippen LogP contribution is 2.28. The molecule has 0 spiro atoms. The highest BCUT2D eigenvalue weighted by atomic mass is 19.4. The molecule has 5 nitrogen and oxygen atoms in total. The van der Waals surface area contributed by atoms with Gasteiger partial charge < -0.3 is 0 Å². The normalized spacial score (nSPS) is 27.7. The van der Waals surface area contributed by atoms with Crippen LogP contribution < -0.4 is 5.48 Å². The number of rotatable bonds is 3. The molecule has 0 aromatic carbocycles. The molecule has 1 fully saturated rings. The van der Waals surface area contributed by atoms with Gasteiger partial charge in [-0.25, -0.2) is 5.48 Å². The minimum Gasteiger partial charge on any atom is -0.292 e. The summed E-state index contributed by atoms with van der Waals surface area (Å²) in [6.45, 7) is 1.24. The molecular weight excluding hydrogens is 263 g/mol. The van der Waals surface area contributed by atoms with E-state index in [1.54, 1.807) is 10.4 Å². The van der Waals surface area contributed by atoms with Gasteiger partial charge in [0.05, 0.1) is 11.6 Å². The molecule has 0 radical (unpaired) electrons. The lowest BCUT2D eigenvalue weighted by Crippen LogP contribution is -2.57. The maximum Gasteiger partial charge on any atom is 0.417 e. The second kappa shape index (κ2) is 5.30. The van der Waals surface area contributed by atoms with Gasteiger partial charge in [-0.05, 0) is 6.42 Å². The number of nitrogens with one attached hydrogen (secondary N) is 1. The Morgan fingerprint density at radius 2 is 2.32 bits per heavy atom. The number of hydroxylamine groups is 1. The number of hydrogen-bond donors (Lipinski definition) is 2. The first-order chi connectivity index (χ1) is 8.91. The van der Waals surface area contributed by atoms with Crippen molar-refractivity contribution < 1.29 is 23.2 Å². The van der Waals surface area contributed by atoms with Crippen LogP contribution >= 0.6 is 0 Å². The van der Waals surface area contributed by atoms with Gasteiger partial charge in [0.2, 0.25) is 0 Å². The largest absolute Gasteiger partial charge is 0.417 e. The van der Waals surface area contributed by atoms with Crippen LogP contribution in [0.2, 0.25) is 0 Å². The Hall–Kier alpha value is -1.41. The fourth-order valence-corrected chi connectivity index (χ4v) is 2.25. The molecule has 0 bridgehead atoms. The number of allylic oxidation sites excluding steroid dienone is 1. The number of hydrogen-bond acceptors (Lipinski definition) is 4. The topological polar surface area (TPSA) is 64.9 Å². The molecule has 106 valence electrons. The zero-order valence-corrected chi connectivity index (χ0v) is 10.0. The number of nitrogens with zero attached hydrogens (tertiary/aromatic N) is 2. The van der Waals surface area contributed by atoms with Crippen molar-refractivity contribution in [3.63, 3.8) is 0 Å². The Bertz CT molecular complexity index is 420. The van der Waals surface area contributed by atoms with Crippen LogP contribution in [0.1, 0.15) is 6.42 Å². The van der Waals surface area contributed by atoms with Gasteiger partial charge in [-0.1, -0.05) is 6.08 Å². The molecule has 2 rings (SSSR count). The van der Waals surface area contributed by atoms with Crippen molar-refractivity contribution in [2.45, 2.75) is 18.6 Å². The molecule has 19 heavy (non-hydrogen) atoms. The third-order valence-corrected chi connectivity index (χ3v) is 3.33. The fraction of sp³-hybridized carbons (Fsp3) is 0.636. The summed E-state index contributed by atoms with van der Waals surface area (Å²) in [5.74, 6) is -0.887. The molecule has 0 aromatic heterocycles. The van der Waals surface area contributed by atoms with Gasteiger partial charge in [-0.2, -0.15) is 13.2 Å². The van der Waals surface area contributed by atoms with Crippen LogP contribution in [0.25, 0.3) is 0 Å². The third-order valence-electron chi connectivity index (χ3n) is 3.33. The summed E-state index contributed by atoms with van der Waals surface area (Å²) in [5.41, 5.74) is 0.818. The van der Waals surface area contributed by atoms with Crippen LogP contribution in [-0.2, 0) is 4.79 Å². The molecule has 2 aliphatic heterocycles. The maximum absolute atomic E-state index is 12.5. The van der Waals surface area contributed by atoms with E-state index in [0.29, 0.717) is 19.5 Å². The molecule has 2 heterocycles. The smallest absolute Gasteiger partial charge is 0.292 e. The van der Waals surface area contributed by atoms with Gasteiger partial charge in [0, 0.05) is 31.8 Å². The molecule has 1 amide bonds. The first-order valence-electron chi connectivity index (χ1n) is 5.88. The summed E-state index contributed by atoms with van der Waals surface area (Å²) in [6.07, 6.45) is -1.80. The van der Waals surface area contributed by atoms with Crippen molar-refractivity contribution in [1.29, 1.82) is 0 Å². The van der Waals surface area contributed by atoms with Crippen LogP contribution in [-0.4, -0.2) is 54.1 Å². The second-order valence-electron chi connectivity index (χ2n) is 4.65. The number of dihydropyridines is 1. The van der Waals surface area contributed by atoms with Crippen molar-refractivity contribution in [1.82, 2.24) is 10.4 Å². The number of alkyl halides is 3. The predicted molar refractivity (Wildman–Crippen MR) is 60.9 cm³/mol. The Morgan fingerprint density at radius 1 is 1.58 bits per heavy atom. The number of aliphatic imine (C=N–C) groups is 1. The second-order valence-corrected chi connectivity index (χ2v) is 4.65. The van der Waals surface area contributed by atoms with Crippen molar-refractivity contribution >= 4 is 12.1 Å². The molecule has 0 aromatic rings. The quantitative estimate of drug-likeness (QED) is 0.591. The summed E-state index contributed by atoms with van der Waals surface area (Å²) >= 11 is 0. The van der Waals surface area contributed by atoms with E-state index in [0.717, 1.165) is 12.3 Å². The van der Waals surface area contributed by atoms with E-state index in [2.05, 4.69) is 4.99 Å². The zero-order chi connectivity index (χ0) is 14.0. The molecule has 2 aliphatic rings. The van der Waals surface area contributed by atoms with Crippen LogP contribution in [0.4, 0.5) is 13.2 Å². The average Bonchev–Trinajstić information content (AvgIpc) is 2.34. The molecule has 2 N–H and O–H groups in total. The number of carbonyl (C=O) groups is 1. The van der Waals surface area contributed by atoms with Crippen molar-refractivity contribution in [2.75, 3.05) is 19.6 Å². The molecule has 0 aliphatic carbocycles. The molecule has 1 saturated heterocycles. The first kappa shape index (κ1) is 14.0. The Balaban J connectivity index is 1.96. The van der Waals surface area contributed by atoms with Crippen molar-refractivity contribution in [3.8, 4) is 0 Å². The monoisotopic (exact) mass is 277 g/mol. The first-order valence-corrected chi connectivity index (χ1v) is 5.88. The summed E-state index contributed by atoms with van der Waals surface area (Å²) in [7, 11) is 0. The highest BCUT2D eigenvalue weighted by molar-refractivity contribution is 5.82. The number of carbonyl (C=O) groups excluding carboxylic acids is 1. The van der Waals surface area contributed by atoms with Crippen molar-refractivity contribution in [3.05, 3.63) is 11.6 Å². The lowest BCUT2D eigenvalue weighted by atomic mass is 9.96. The Labute approximate surface area is 107 Å². The predicted octanol–water partition coefficient (Wildman–Crippen LogP) is 0.755. The van der Waals surface area contributed by atoms with E-state index in [1.807, 2.05) is 0 Å². The van der Waals surface area contributed by atoms with E-state index in [-0.39, 0.29) is 12.5 Å². The third kappa shape index (κ3) is 3.13. The minimum absolute atomic E-state index is 0.281. The molecule has 8 heteroatoms. The minimum atomic E-state index is -4.39. The van der Waals surface area contributed by atoms with Crippen LogP contribution in [0.15, 0.2) is 16.6 Å². The lowest BCUT2D eigenvalue weighted by Gasteiger charge is -2.40. The van der Waals surface area contributed by atoms with Gasteiger partial charge in [-0.3, -0.25) is 19.9 Å². The van der Waals surface area contributed by atoms with E-state index >= 15 is 0 Å². The van der Waals surface area contributed by atoms with Crippen LogP contribution in [0.3, 0.4) is 0 Å². The maximum atomic E-state index is 12.5. The van der Waals surface area contributed by atoms with Gasteiger partial charge in [0.1, 0.15) is 0 Å². The Kier molecular flexibility index (Phi) is 3.91. The lowest BCUT2D eigenvalue weighted by molar-refractivity contribution is -0.139. The van der Waals surface area contributed by atoms with Crippen molar-refractivity contribution in [2.24, 2.45) is 10.9 Å². The molecular formula is C11H14F3N3O2. The van der Waals surface area contributed by atoms with E-state index in [1.165, 1.54) is 0 Å². The number of halogens is 3. The molecule has 2 atom stereocenters. The summed E-state index contributed by atoms with van der Waals surface area (Å²) in [5, 5.41) is 8.53. The SMILES string of the molecule is O=C(NO)[C@@H]1CCN1CC1C=C(C(F)(F)F)C=NC1. The van der Waals surface area contributed by atoms with E-state index in [9.17, 15) is 18.0 Å². The molecule has 1 unspecified atom stereocenters. The standard InChI is InChI=1S/C11H14F3N3O2/c12-11(13,14)8-3-7(4-15-5-8)6-17-2-1-9(17)10(18)16-19/h3,5,7,9,19H,1-2,4,6H2,(H,16,18)/t7?,9-/m0/s1. The number of amides is 1. The fourth-order valence-electron chi connectivity index (χ4n) is 2.25. The van der Waals surface area contributed by atoms with E-state index < -0.39 is 23.7 Å². The summed E-state index contributed by atoms with van der Waals surface area (Å²) in [4.78, 5) is 16.7.